The van der Waals surface area contributed by atoms with Crippen molar-refractivity contribution in [2.24, 2.45) is 0 Å². The van der Waals surface area contributed by atoms with Crippen molar-refractivity contribution >= 4 is 15.7 Å². The van der Waals surface area contributed by atoms with Crippen molar-refractivity contribution < 1.29 is 13.2 Å². The maximum absolute atomic E-state index is 13.3. The molecule has 0 aliphatic carbocycles. The van der Waals surface area contributed by atoms with Crippen LogP contribution in [0.5, 0.6) is 0 Å². The minimum atomic E-state index is -3.39. The molecule has 1 amide bonds. The quantitative estimate of drug-likeness (QED) is 0.667. The molecule has 2 aromatic heterocycles. The molecular formula is C22H23N3O3S. The Hall–Kier alpha value is -2.93. The number of rotatable bonds is 3. The molecule has 6 nitrogen and oxygen atoms in total. The molecule has 1 aliphatic rings. The summed E-state index contributed by atoms with van der Waals surface area (Å²) in [6.45, 7) is 4.95. The number of aryl methyl sites for hydroxylation is 1. The molecule has 3 aromatic rings. The number of pyridine rings is 1. The first-order chi connectivity index (χ1) is 13.9. The molecular weight excluding hydrogens is 386 g/mol. The van der Waals surface area contributed by atoms with Gasteiger partial charge in [-0.1, -0.05) is 24.3 Å². The van der Waals surface area contributed by atoms with Crippen LogP contribution in [0.15, 0.2) is 59.6 Å². The molecule has 0 saturated heterocycles. The summed E-state index contributed by atoms with van der Waals surface area (Å²) in [5, 5.41) is 0. The van der Waals surface area contributed by atoms with Crippen LogP contribution in [0, 0.1) is 13.8 Å². The Bertz CT molecular complexity index is 1170. The number of amides is 1. The molecule has 7 heteroatoms. The lowest BCUT2D eigenvalue weighted by Crippen LogP contribution is -2.33. The molecule has 0 unspecified atom stereocenters. The number of hydrogen-bond donors (Lipinski definition) is 0. The summed E-state index contributed by atoms with van der Waals surface area (Å²) in [7, 11) is -3.39. The van der Waals surface area contributed by atoms with E-state index in [2.05, 4.69) is 9.55 Å². The lowest BCUT2D eigenvalue weighted by Gasteiger charge is -2.20. The van der Waals surface area contributed by atoms with E-state index in [1.807, 2.05) is 38.1 Å². The Kier molecular flexibility index (Phi) is 5.00. The van der Waals surface area contributed by atoms with E-state index in [9.17, 15) is 13.2 Å². The van der Waals surface area contributed by atoms with Crippen molar-refractivity contribution in [2.75, 3.05) is 12.3 Å². The van der Waals surface area contributed by atoms with Crippen molar-refractivity contribution in [3.63, 3.8) is 0 Å². The minimum absolute atomic E-state index is 0.0670. The van der Waals surface area contributed by atoms with Crippen molar-refractivity contribution in [3.8, 4) is 0 Å². The van der Waals surface area contributed by atoms with Crippen molar-refractivity contribution in [2.45, 2.75) is 31.8 Å². The van der Waals surface area contributed by atoms with Gasteiger partial charge in [0.2, 0.25) is 0 Å². The zero-order chi connectivity index (χ0) is 20.6. The van der Waals surface area contributed by atoms with E-state index in [1.54, 1.807) is 35.4 Å². The Morgan fingerprint density at radius 1 is 1.10 bits per heavy atom. The summed E-state index contributed by atoms with van der Waals surface area (Å²) in [6.07, 6.45) is 1.75. The fourth-order valence-electron chi connectivity index (χ4n) is 3.82. The monoisotopic (exact) mass is 409 g/mol. The zero-order valence-electron chi connectivity index (χ0n) is 16.5. The molecule has 29 heavy (non-hydrogen) atoms. The third-order valence-corrected chi connectivity index (χ3v) is 7.22. The molecule has 150 valence electrons. The first kappa shape index (κ1) is 19.4. The second kappa shape index (κ2) is 7.48. The third kappa shape index (κ3) is 3.70. The van der Waals surface area contributed by atoms with Gasteiger partial charge in [-0.3, -0.25) is 9.78 Å². The van der Waals surface area contributed by atoms with Crippen LogP contribution in [0.3, 0.4) is 0 Å². The molecule has 1 aliphatic heterocycles. The number of fused-ring (bicyclic) bond motifs is 1. The van der Waals surface area contributed by atoms with Crippen LogP contribution in [0.1, 0.15) is 33.0 Å². The number of sulfone groups is 1. The summed E-state index contributed by atoms with van der Waals surface area (Å²) in [5.41, 5.74) is 4.02. The van der Waals surface area contributed by atoms with Gasteiger partial charge in [-0.2, -0.15) is 0 Å². The largest absolute Gasteiger partial charge is 0.342 e. The van der Waals surface area contributed by atoms with E-state index in [0.29, 0.717) is 22.6 Å². The normalized spacial score (nSPS) is 15.6. The minimum Gasteiger partial charge on any atom is -0.342 e. The fraction of sp³-hybridized carbons (Fsp3) is 0.273. The van der Waals surface area contributed by atoms with Crippen LogP contribution >= 0.6 is 0 Å². The smallest absolute Gasteiger partial charge is 0.256 e. The summed E-state index contributed by atoms with van der Waals surface area (Å²) < 4.78 is 27.2. The summed E-state index contributed by atoms with van der Waals surface area (Å²) in [5.74, 6) is -0.208. The average Bonchev–Trinajstić information content (AvgIpc) is 2.91. The molecule has 0 bridgehead atoms. The van der Waals surface area contributed by atoms with Gasteiger partial charge in [0.05, 0.1) is 28.5 Å². The second-order valence-electron chi connectivity index (χ2n) is 7.35. The fourth-order valence-corrected chi connectivity index (χ4v) is 5.32. The SMILES string of the molecule is Cc1cc(C(=O)N2CCS(=O)(=O)c3ccccc3C2)c(C)n1Cc1ccccn1. The van der Waals surface area contributed by atoms with Crippen LogP contribution < -0.4 is 0 Å². The number of aromatic nitrogens is 2. The molecule has 0 fully saturated rings. The lowest BCUT2D eigenvalue weighted by atomic mass is 10.1. The van der Waals surface area contributed by atoms with E-state index >= 15 is 0 Å². The van der Waals surface area contributed by atoms with Gasteiger partial charge in [0.1, 0.15) is 0 Å². The average molecular weight is 410 g/mol. The number of benzene rings is 1. The van der Waals surface area contributed by atoms with Gasteiger partial charge in [-0.15, -0.1) is 0 Å². The predicted molar refractivity (Wildman–Crippen MR) is 110 cm³/mol. The van der Waals surface area contributed by atoms with Gasteiger partial charge in [-0.25, -0.2) is 8.42 Å². The van der Waals surface area contributed by atoms with E-state index in [0.717, 1.165) is 17.1 Å². The maximum atomic E-state index is 13.3. The first-order valence-electron chi connectivity index (χ1n) is 9.53. The molecule has 1 aromatic carbocycles. The Morgan fingerprint density at radius 2 is 1.86 bits per heavy atom. The van der Waals surface area contributed by atoms with Crippen molar-refractivity contribution in [1.82, 2.24) is 14.5 Å². The van der Waals surface area contributed by atoms with Crippen LogP contribution in [-0.4, -0.2) is 41.1 Å². The van der Waals surface area contributed by atoms with Crippen LogP contribution in [0.2, 0.25) is 0 Å². The summed E-state index contributed by atoms with van der Waals surface area (Å²) in [4.78, 5) is 19.6. The summed E-state index contributed by atoms with van der Waals surface area (Å²) >= 11 is 0. The number of carbonyl (C=O) groups is 1. The molecule has 4 rings (SSSR count). The molecule has 3 heterocycles. The number of carbonyl (C=O) groups excluding carboxylic acids is 1. The topological polar surface area (TPSA) is 72.3 Å². The lowest BCUT2D eigenvalue weighted by molar-refractivity contribution is 0.0753. The van der Waals surface area contributed by atoms with E-state index < -0.39 is 9.84 Å². The van der Waals surface area contributed by atoms with E-state index in [4.69, 9.17) is 0 Å². The molecule has 0 radical (unpaired) electrons. The maximum Gasteiger partial charge on any atom is 0.256 e. The first-order valence-corrected chi connectivity index (χ1v) is 11.2. The van der Waals surface area contributed by atoms with Crippen LogP contribution in [0.4, 0.5) is 0 Å². The van der Waals surface area contributed by atoms with Gasteiger partial charge < -0.3 is 9.47 Å². The highest BCUT2D eigenvalue weighted by Gasteiger charge is 2.29. The Balaban J connectivity index is 1.65. The van der Waals surface area contributed by atoms with Gasteiger partial charge in [0.15, 0.2) is 9.84 Å². The standard InChI is InChI=1S/C22H23N3O3S/c1-16-13-20(17(2)25(16)15-19-8-5-6-10-23-19)22(26)24-11-12-29(27,28)21-9-4-3-7-18(21)14-24/h3-10,13H,11-12,14-15H2,1-2H3. The highest BCUT2D eigenvalue weighted by Crippen LogP contribution is 2.25. The summed E-state index contributed by atoms with van der Waals surface area (Å²) in [6, 6.07) is 14.6. The number of nitrogens with zero attached hydrogens (tertiary/aromatic N) is 3. The van der Waals surface area contributed by atoms with Gasteiger partial charge in [-0.05, 0) is 43.7 Å². The van der Waals surface area contributed by atoms with Crippen molar-refractivity contribution in [1.29, 1.82) is 0 Å². The van der Waals surface area contributed by atoms with Crippen LogP contribution in [-0.2, 0) is 22.9 Å². The second-order valence-corrected chi connectivity index (χ2v) is 9.42. The van der Waals surface area contributed by atoms with E-state index in [1.165, 1.54) is 0 Å². The number of hydrogen-bond acceptors (Lipinski definition) is 4. The Morgan fingerprint density at radius 3 is 2.62 bits per heavy atom. The molecule has 0 saturated carbocycles. The predicted octanol–water partition coefficient (Wildman–Crippen LogP) is 2.98. The van der Waals surface area contributed by atoms with Gasteiger partial charge in [0, 0.05) is 30.7 Å². The van der Waals surface area contributed by atoms with Crippen molar-refractivity contribution in [3.05, 3.63) is 82.9 Å². The van der Waals surface area contributed by atoms with Gasteiger partial charge in [0.25, 0.3) is 5.91 Å². The van der Waals surface area contributed by atoms with Gasteiger partial charge >= 0.3 is 0 Å². The zero-order valence-corrected chi connectivity index (χ0v) is 17.3. The molecule has 0 N–H and O–H groups in total. The van der Waals surface area contributed by atoms with E-state index in [-0.39, 0.29) is 24.7 Å². The van der Waals surface area contributed by atoms with Crippen LogP contribution in [0.25, 0.3) is 0 Å². The molecule has 0 atom stereocenters. The molecule has 0 spiro atoms. The Labute approximate surface area is 170 Å². The highest BCUT2D eigenvalue weighted by molar-refractivity contribution is 7.91. The third-order valence-electron chi connectivity index (χ3n) is 5.44. The highest BCUT2D eigenvalue weighted by atomic mass is 32.2.